The van der Waals surface area contributed by atoms with Gasteiger partial charge in [0.15, 0.2) is 11.5 Å². The van der Waals surface area contributed by atoms with Gasteiger partial charge >= 0.3 is 0 Å². The van der Waals surface area contributed by atoms with Gasteiger partial charge in [-0.25, -0.2) is 0 Å². The first kappa shape index (κ1) is 30.2. The predicted molar refractivity (Wildman–Crippen MR) is 220 cm³/mol. The van der Waals surface area contributed by atoms with Gasteiger partial charge in [-0.15, -0.1) is 11.3 Å². The van der Waals surface area contributed by atoms with Crippen LogP contribution >= 0.6 is 11.3 Å². The number of thiophene rings is 1. The maximum absolute atomic E-state index is 6.64. The van der Waals surface area contributed by atoms with E-state index in [1.54, 1.807) is 0 Å². The van der Waals surface area contributed by atoms with Crippen molar-refractivity contribution >= 4 is 65.6 Å². The number of rotatable bonds is 6. The smallest absolute Gasteiger partial charge is 0.153 e. The lowest BCUT2D eigenvalue weighted by molar-refractivity contribution is 0.477. The van der Waals surface area contributed by atoms with Gasteiger partial charge in [0, 0.05) is 49.0 Å². The molecule has 0 spiro atoms. The van der Waals surface area contributed by atoms with Crippen LogP contribution in [-0.4, -0.2) is 0 Å². The van der Waals surface area contributed by atoms with Crippen molar-refractivity contribution in [2.75, 3.05) is 9.80 Å². The highest BCUT2D eigenvalue weighted by molar-refractivity contribution is 7.26. The molecule has 0 saturated heterocycles. The Balaban J connectivity index is 1.09. The lowest BCUT2D eigenvalue weighted by atomic mass is 10.0. The molecular weight excluding hydrogens is 653 g/mol. The van der Waals surface area contributed by atoms with Gasteiger partial charge in [-0.05, 0) is 89.0 Å². The van der Waals surface area contributed by atoms with Gasteiger partial charge in [-0.1, -0.05) is 121 Å². The molecule has 0 amide bonds. The van der Waals surface area contributed by atoms with E-state index in [4.69, 9.17) is 4.74 Å². The molecule has 1 aromatic heterocycles. The number of benzene rings is 8. The Morgan fingerprint density at radius 1 is 0.423 bits per heavy atom. The molecule has 1 aliphatic rings. The second-order valence-corrected chi connectivity index (χ2v) is 14.0. The highest BCUT2D eigenvalue weighted by Crippen LogP contribution is 2.52. The van der Waals surface area contributed by atoms with E-state index < -0.39 is 0 Å². The second kappa shape index (κ2) is 12.6. The number of anilines is 6. The molecule has 3 nitrogen and oxygen atoms in total. The molecule has 1 aliphatic heterocycles. The molecule has 10 rings (SSSR count). The maximum atomic E-state index is 6.64. The topological polar surface area (TPSA) is 15.7 Å². The van der Waals surface area contributed by atoms with Crippen LogP contribution in [0.4, 0.5) is 34.1 Å². The van der Waals surface area contributed by atoms with E-state index in [0.717, 1.165) is 45.6 Å². The van der Waals surface area contributed by atoms with E-state index in [1.807, 2.05) is 23.5 Å². The fourth-order valence-corrected chi connectivity index (χ4v) is 8.62. The van der Waals surface area contributed by atoms with E-state index in [-0.39, 0.29) is 0 Å². The molecular formula is C48H32N2OS. The van der Waals surface area contributed by atoms with Crippen molar-refractivity contribution in [3.05, 3.63) is 194 Å². The van der Waals surface area contributed by atoms with Crippen molar-refractivity contribution in [1.82, 2.24) is 0 Å². The monoisotopic (exact) mass is 684 g/mol. The van der Waals surface area contributed by atoms with Gasteiger partial charge in [-0.2, -0.15) is 0 Å². The predicted octanol–water partition coefficient (Wildman–Crippen LogP) is 14.4. The lowest BCUT2D eigenvalue weighted by Gasteiger charge is -2.34. The molecule has 8 aromatic carbocycles. The van der Waals surface area contributed by atoms with Gasteiger partial charge in [-0.3, -0.25) is 0 Å². The normalized spacial score (nSPS) is 12.0. The van der Waals surface area contributed by atoms with Crippen molar-refractivity contribution in [2.24, 2.45) is 0 Å². The van der Waals surface area contributed by atoms with E-state index in [9.17, 15) is 0 Å². The van der Waals surface area contributed by atoms with E-state index in [0.29, 0.717) is 0 Å². The van der Waals surface area contributed by atoms with Crippen LogP contribution in [0.3, 0.4) is 0 Å². The zero-order valence-electron chi connectivity index (χ0n) is 28.2. The zero-order valence-corrected chi connectivity index (χ0v) is 29.0. The summed E-state index contributed by atoms with van der Waals surface area (Å²) in [6, 6.07) is 68.9. The standard InChI is InChI=1S/C48H32N2OS/c1-3-12-33(13-4-1)34-22-26-37(27-23-34)49(38-28-24-35(25-29-38)40-17-11-18-42-41-16-7-10-21-47(41)52-48(40)42)39-30-31-44-46(32-39)51-45-20-9-8-19-43(45)50(44)36-14-5-2-6-15-36/h1-32H. The van der Waals surface area contributed by atoms with Crippen molar-refractivity contribution in [3.8, 4) is 33.8 Å². The van der Waals surface area contributed by atoms with Crippen LogP contribution in [0.2, 0.25) is 0 Å². The van der Waals surface area contributed by atoms with Crippen LogP contribution in [0.5, 0.6) is 11.5 Å². The van der Waals surface area contributed by atoms with Crippen molar-refractivity contribution in [2.45, 2.75) is 0 Å². The highest BCUT2D eigenvalue weighted by atomic mass is 32.1. The number of hydrogen-bond donors (Lipinski definition) is 0. The fraction of sp³-hybridized carbons (Fsp3) is 0. The SMILES string of the molecule is c1ccc(-c2ccc(N(c3ccc(-c4cccc5c4sc4ccccc45)cc3)c3ccc4c(c3)Oc3ccccc3N4c3ccccc3)cc2)cc1. The molecule has 246 valence electrons. The van der Waals surface area contributed by atoms with Crippen LogP contribution in [0.1, 0.15) is 0 Å². The maximum Gasteiger partial charge on any atom is 0.153 e. The van der Waals surface area contributed by atoms with Gasteiger partial charge in [0.05, 0.1) is 11.4 Å². The second-order valence-electron chi connectivity index (χ2n) is 13.0. The summed E-state index contributed by atoms with van der Waals surface area (Å²) >= 11 is 1.87. The molecule has 0 saturated carbocycles. The Labute approximate surface area is 306 Å². The van der Waals surface area contributed by atoms with Crippen LogP contribution in [-0.2, 0) is 0 Å². The summed E-state index contributed by atoms with van der Waals surface area (Å²) in [5.74, 6) is 1.63. The number of fused-ring (bicyclic) bond motifs is 5. The number of hydrogen-bond acceptors (Lipinski definition) is 4. The van der Waals surface area contributed by atoms with Crippen molar-refractivity contribution < 1.29 is 4.74 Å². The Morgan fingerprint density at radius 3 is 1.81 bits per heavy atom. The quantitative estimate of drug-likeness (QED) is 0.173. The first-order chi connectivity index (χ1) is 25.8. The molecule has 0 aliphatic carbocycles. The molecule has 0 N–H and O–H groups in total. The third-order valence-corrected chi connectivity index (χ3v) is 11.1. The summed E-state index contributed by atoms with van der Waals surface area (Å²) in [5.41, 5.74) is 11.1. The average molecular weight is 685 g/mol. The molecule has 0 fully saturated rings. The number of ether oxygens (including phenoxy) is 1. The Morgan fingerprint density at radius 2 is 1.02 bits per heavy atom. The number of nitrogens with zero attached hydrogens (tertiary/aromatic N) is 2. The first-order valence-electron chi connectivity index (χ1n) is 17.5. The molecule has 9 aromatic rings. The van der Waals surface area contributed by atoms with E-state index >= 15 is 0 Å². The molecule has 52 heavy (non-hydrogen) atoms. The Bertz CT molecular complexity index is 2700. The third kappa shape index (κ3) is 5.20. The minimum absolute atomic E-state index is 0.805. The molecule has 0 bridgehead atoms. The van der Waals surface area contributed by atoms with Crippen molar-refractivity contribution in [1.29, 1.82) is 0 Å². The molecule has 0 atom stereocenters. The van der Waals surface area contributed by atoms with E-state index in [1.165, 1.54) is 42.4 Å². The minimum Gasteiger partial charge on any atom is -0.453 e. The number of para-hydroxylation sites is 3. The Hall–Kier alpha value is -6.62. The molecule has 2 heterocycles. The van der Waals surface area contributed by atoms with Crippen LogP contribution < -0.4 is 14.5 Å². The average Bonchev–Trinajstić information content (AvgIpc) is 3.60. The lowest BCUT2D eigenvalue weighted by Crippen LogP contribution is -2.16. The van der Waals surface area contributed by atoms with E-state index in [2.05, 4.69) is 192 Å². The largest absolute Gasteiger partial charge is 0.453 e. The van der Waals surface area contributed by atoms with Crippen LogP contribution in [0, 0.1) is 0 Å². The summed E-state index contributed by atoms with van der Waals surface area (Å²) in [6.45, 7) is 0. The van der Waals surface area contributed by atoms with Gasteiger partial charge in [0.1, 0.15) is 0 Å². The summed E-state index contributed by atoms with van der Waals surface area (Å²) in [7, 11) is 0. The summed E-state index contributed by atoms with van der Waals surface area (Å²) < 4.78 is 9.28. The molecule has 0 radical (unpaired) electrons. The van der Waals surface area contributed by atoms with Crippen molar-refractivity contribution in [3.63, 3.8) is 0 Å². The highest BCUT2D eigenvalue weighted by Gasteiger charge is 2.27. The van der Waals surface area contributed by atoms with Gasteiger partial charge < -0.3 is 14.5 Å². The third-order valence-electron chi connectivity index (χ3n) is 9.86. The van der Waals surface area contributed by atoms with Crippen LogP contribution in [0.25, 0.3) is 42.4 Å². The van der Waals surface area contributed by atoms with Gasteiger partial charge in [0.2, 0.25) is 0 Å². The fourth-order valence-electron chi connectivity index (χ4n) is 7.39. The molecule has 0 unspecified atom stereocenters. The Kier molecular flexibility index (Phi) is 7.33. The zero-order chi connectivity index (χ0) is 34.4. The minimum atomic E-state index is 0.805. The summed E-state index contributed by atoms with van der Waals surface area (Å²) in [4.78, 5) is 4.59. The molecule has 4 heteroatoms. The van der Waals surface area contributed by atoms with Gasteiger partial charge in [0.25, 0.3) is 0 Å². The summed E-state index contributed by atoms with van der Waals surface area (Å²) in [5, 5.41) is 2.62. The first-order valence-corrected chi connectivity index (χ1v) is 18.3. The van der Waals surface area contributed by atoms with Crippen LogP contribution in [0.15, 0.2) is 194 Å². The summed E-state index contributed by atoms with van der Waals surface area (Å²) in [6.07, 6.45) is 0.